The molecule has 0 saturated heterocycles. The molecule has 5 rings (SSSR count). The molecule has 38 heavy (non-hydrogen) atoms. The minimum atomic E-state index is -0.841. The molecule has 216 valence electrons. The molecule has 4 saturated carbocycles. The fourth-order valence-electron chi connectivity index (χ4n) is 10.4. The van der Waals surface area contributed by atoms with Crippen molar-refractivity contribution < 1.29 is 10.2 Å². The van der Waals surface area contributed by atoms with Crippen LogP contribution in [0.5, 0.6) is 0 Å². The van der Waals surface area contributed by atoms with Gasteiger partial charge in [0.05, 0.1) is 18.0 Å². The summed E-state index contributed by atoms with van der Waals surface area (Å²) in [5, 5.41) is 27.0. The Bertz CT molecular complexity index is 919. The van der Waals surface area contributed by atoms with Crippen LogP contribution in [-0.2, 0) is 6.42 Å². The zero-order valence-electron chi connectivity index (χ0n) is 25.2. The number of H-pyrrole nitrogens is 1. The van der Waals surface area contributed by atoms with Gasteiger partial charge >= 0.3 is 0 Å². The average molecular weight is 528 g/mol. The van der Waals surface area contributed by atoms with Gasteiger partial charge in [0.25, 0.3) is 0 Å². The number of aliphatic hydroxyl groups is 2. The van der Waals surface area contributed by atoms with Crippen LogP contribution in [0.2, 0.25) is 0 Å². The largest absolute Gasteiger partial charge is 0.393 e. The van der Waals surface area contributed by atoms with Crippen molar-refractivity contribution in [2.75, 3.05) is 6.54 Å². The topological polar surface area (TPSA) is 81.2 Å². The minimum Gasteiger partial charge on any atom is -0.393 e. The summed E-state index contributed by atoms with van der Waals surface area (Å²) >= 11 is 0. The highest BCUT2D eigenvalue weighted by atomic mass is 16.3. The van der Waals surface area contributed by atoms with Gasteiger partial charge in [-0.2, -0.15) is 0 Å². The van der Waals surface area contributed by atoms with Crippen LogP contribution in [0.1, 0.15) is 111 Å². The average Bonchev–Trinajstić information content (AvgIpc) is 3.51. The molecule has 0 radical (unpaired) electrons. The van der Waals surface area contributed by atoms with Gasteiger partial charge in [0.2, 0.25) is 0 Å². The smallest absolute Gasteiger partial charge is 0.0921 e. The molecule has 4 aliphatic carbocycles. The number of rotatable bonds is 9. The van der Waals surface area contributed by atoms with E-state index < -0.39 is 5.60 Å². The second-order valence-electron chi connectivity index (χ2n) is 15.2. The van der Waals surface area contributed by atoms with Crippen molar-refractivity contribution in [1.82, 2.24) is 15.3 Å². The van der Waals surface area contributed by atoms with Crippen molar-refractivity contribution in [3.05, 3.63) is 18.2 Å². The summed E-state index contributed by atoms with van der Waals surface area (Å²) in [4.78, 5) is 7.39. The van der Waals surface area contributed by atoms with Crippen LogP contribution < -0.4 is 5.32 Å². The maximum atomic E-state index is 12.4. The Morgan fingerprint density at radius 1 is 1.05 bits per heavy atom. The van der Waals surface area contributed by atoms with Crippen molar-refractivity contribution in [3.8, 4) is 0 Å². The van der Waals surface area contributed by atoms with Crippen molar-refractivity contribution in [2.45, 2.75) is 130 Å². The van der Waals surface area contributed by atoms with E-state index in [1.165, 1.54) is 38.5 Å². The van der Waals surface area contributed by atoms with Crippen LogP contribution >= 0.6 is 0 Å². The molecule has 11 atom stereocenters. The highest BCUT2D eigenvalue weighted by Gasteiger charge is 2.67. The van der Waals surface area contributed by atoms with Crippen LogP contribution in [-0.4, -0.2) is 44.5 Å². The SMILES string of the molecule is CC(C)[C@H](C)CC[C@@H](C)[C@H]1CC[C@H]2[C@@H]3CC(NCCc4cnc[nH]4)C4(O)CC(O)CC[C@]4(C)[C@H]3CC[C@]12C. The Balaban J connectivity index is 1.35. The molecule has 4 fully saturated rings. The maximum absolute atomic E-state index is 12.4. The quantitative estimate of drug-likeness (QED) is 0.301. The van der Waals surface area contributed by atoms with Crippen LogP contribution in [0.25, 0.3) is 0 Å². The Kier molecular flexibility index (Phi) is 8.15. The van der Waals surface area contributed by atoms with Gasteiger partial charge in [-0.15, -0.1) is 0 Å². The Morgan fingerprint density at radius 3 is 2.55 bits per heavy atom. The monoisotopic (exact) mass is 527 g/mol. The number of imidazole rings is 1. The fraction of sp³-hybridized carbons (Fsp3) is 0.909. The number of nitrogens with one attached hydrogen (secondary N) is 2. The number of hydrogen-bond acceptors (Lipinski definition) is 4. The summed E-state index contributed by atoms with van der Waals surface area (Å²) in [5.41, 5.74) is 0.598. The molecule has 4 aliphatic rings. The minimum absolute atomic E-state index is 0.0392. The summed E-state index contributed by atoms with van der Waals surface area (Å²) in [5.74, 6) is 5.22. The first-order valence-corrected chi connectivity index (χ1v) is 16.1. The van der Waals surface area contributed by atoms with Gasteiger partial charge in [-0.1, -0.05) is 54.4 Å². The number of aromatic nitrogens is 2. The third kappa shape index (κ3) is 4.81. The number of fused-ring (bicyclic) bond motifs is 5. The number of nitrogens with zero attached hydrogens (tertiary/aromatic N) is 1. The summed E-state index contributed by atoms with van der Waals surface area (Å²) in [6, 6.07) is 0.0392. The van der Waals surface area contributed by atoms with Crippen LogP contribution in [0, 0.1) is 52.3 Å². The normalized spacial score (nSPS) is 44.3. The van der Waals surface area contributed by atoms with E-state index in [0.29, 0.717) is 23.7 Å². The molecule has 5 heteroatoms. The van der Waals surface area contributed by atoms with Gasteiger partial charge in [0.15, 0.2) is 0 Å². The fourth-order valence-corrected chi connectivity index (χ4v) is 10.4. The molecule has 1 aromatic heterocycles. The van der Waals surface area contributed by atoms with Crippen molar-refractivity contribution >= 4 is 0 Å². The van der Waals surface area contributed by atoms with E-state index >= 15 is 0 Å². The lowest BCUT2D eigenvalue weighted by atomic mass is 9.42. The molecule has 3 unspecified atom stereocenters. The predicted molar refractivity (Wildman–Crippen MR) is 155 cm³/mol. The van der Waals surface area contributed by atoms with Crippen LogP contribution in [0.15, 0.2) is 12.5 Å². The first-order chi connectivity index (χ1) is 18.0. The zero-order valence-corrected chi connectivity index (χ0v) is 25.2. The van der Waals surface area contributed by atoms with Crippen LogP contribution in [0.4, 0.5) is 0 Å². The lowest BCUT2D eigenvalue weighted by Crippen LogP contribution is -2.71. The summed E-state index contributed by atoms with van der Waals surface area (Å²) in [6.07, 6.45) is 15.5. The van der Waals surface area contributed by atoms with Crippen molar-refractivity contribution in [2.24, 2.45) is 52.3 Å². The molecule has 1 aromatic rings. The van der Waals surface area contributed by atoms with E-state index in [1.54, 1.807) is 6.33 Å². The van der Waals surface area contributed by atoms with Crippen molar-refractivity contribution in [1.29, 1.82) is 0 Å². The number of aromatic amines is 1. The molecule has 0 amide bonds. The first kappa shape index (κ1) is 28.6. The molecule has 1 heterocycles. The Hall–Kier alpha value is -0.910. The molecule has 0 spiro atoms. The maximum Gasteiger partial charge on any atom is 0.0921 e. The van der Waals surface area contributed by atoms with Gasteiger partial charge in [-0.3, -0.25) is 0 Å². The van der Waals surface area contributed by atoms with E-state index in [9.17, 15) is 10.2 Å². The molecule has 0 bridgehead atoms. The van der Waals surface area contributed by atoms with Gasteiger partial charge < -0.3 is 20.5 Å². The van der Waals surface area contributed by atoms with E-state index in [1.807, 2.05) is 6.20 Å². The van der Waals surface area contributed by atoms with E-state index in [2.05, 4.69) is 56.8 Å². The summed E-state index contributed by atoms with van der Waals surface area (Å²) < 4.78 is 0. The Morgan fingerprint density at radius 2 is 1.84 bits per heavy atom. The van der Waals surface area contributed by atoms with Gasteiger partial charge in [-0.25, -0.2) is 4.98 Å². The summed E-state index contributed by atoms with van der Waals surface area (Å²) in [6.45, 7) is 15.6. The molecule has 5 nitrogen and oxygen atoms in total. The third-order valence-corrected chi connectivity index (χ3v) is 13.2. The molecule has 4 N–H and O–H groups in total. The second kappa shape index (κ2) is 10.8. The first-order valence-electron chi connectivity index (χ1n) is 16.1. The predicted octanol–water partition coefficient (Wildman–Crippen LogP) is 6.36. The highest BCUT2D eigenvalue weighted by Crippen LogP contribution is 2.69. The standard InChI is InChI=1S/C33H57N3O2/c1-21(2)22(3)7-8-23(4)27-9-10-28-26-17-30(35-16-13-24-19-34-20-36-24)33(38)18-25(37)11-15-32(33,6)29(26)12-14-31(27,28)5/h19-23,25-30,35,37-38H,7-18H2,1-6H3,(H,34,36)/t22-,23-,25?,26+,27-,28+,29+,30?,31-,32-,33?/m1/s1. The highest BCUT2D eigenvalue weighted by molar-refractivity contribution is 5.18. The molecule has 0 aromatic carbocycles. The summed E-state index contributed by atoms with van der Waals surface area (Å²) in [7, 11) is 0. The van der Waals surface area contributed by atoms with E-state index in [0.717, 1.165) is 67.5 Å². The van der Waals surface area contributed by atoms with E-state index in [-0.39, 0.29) is 17.6 Å². The van der Waals surface area contributed by atoms with Crippen molar-refractivity contribution in [3.63, 3.8) is 0 Å². The molecular formula is C33H57N3O2. The molecular weight excluding hydrogens is 470 g/mol. The lowest BCUT2D eigenvalue weighted by molar-refractivity contribution is -0.234. The number of aliphatic hydroxyl groups excluding tert-OH is 1. The zero-order chi connectivity index (χ0) is 27.3. The van der Waals surface area contributed by atoms with Gasteiger partial charge in [-0.05, 0) is 91.8 Å². The van der Waals surface area contributed by atoms with Gasteiger partial charge in [0, 0.05) is 42.7 Å². The molecule has 0 aliphatic heterocycles. The van der Waals surface area contributed by atoms with E-state index in [4.69, 9.17) is 0 Å². The lowest BCUT2D eigenvalue weighted by Gasteiger charge is -2.66. The third-order valence-electron chi connectivity index (χ3n) is 13.2. The van der Waals surface area contributed by atoms with Gasteiger partial charge in [0.1, 0.15) is 0 Å². The number of hydrogen-bond donors (Lipinski definition) is 4. The second-order valence-corrected chi connectivity index (χ2v) is 15.2. The van der Waals surface area contributed by atoms with Crippen LogP contribution in [0.3, 0.4) is 0 Å². The Labute approximate surface area is 232 Å².